The molecule has 4 heteroatoms. The third-order valence-corrected chi connectivity index (χ3v) is 3.09. The molecule has 0 aliphatic carbocycles. The molecular weight excluding hydrogens is 266 g/mol. The molecule has 0 aliphatic rings. The van der Waals surface area contributed by atoms with Gasteiger partial charge in [0.05, 0.1) is 6.61 Å². The van der Waals surface area contributed by atoms with Gasteiger partial charge >= 0.3 is 5.97 Å². The van der Waals surface area contributed by atoms with Crippen LogP contribution in [0.3, 0.4) is 0 Å². The number of carbonyl (C=O) groups excluding carboxylic acids is 1. The fourth-order valence-corrected chi connectivity index (χ4v) is 2.02. The zero-order valence-corrected chi connectivity index (χ0v) is 12.2. The molecule has 1 unspecified atom stereocenters. The van der Waals surface area contributed by atoms with E-state index in [1.165, 1.54) is 0 Å². The first-order valence-electron chi connectivity index (χ1n) is 6.93. The standard InChI is InChI=1S/C17H19NO3/c1-3-21-17(20)12(2)18-15-6-4-5-14(11-15)13-7-9-16(19)10-8-13/h4-12,18-19H,3H2,1-2H3. The van der Waals surface area contributed by atoms with Crippen molar-refractivity contribution in [1.82, 2.24) is 0 Å². The lowest BCUT2D eigenvalue weighted by atomic mass is 10.0. The largest absolute Gasteiger partial charge is 0.508 e. The van der Waals surface area contributed by atoms with Gasteiger partial charge in [0.25, 0.3) is 0 Å². The lowest BCUT2D eigenvalue weighted by Crippen LogP contribution is -2.28. The van der Waals surface area contributed by atoms with E-state index in [0.717, 1.165) is 16.8 Å². The number of hydrogen-bond acceptors (Lipinski definition) is 4. The Morgan fingerprint density at radius 3 is 2.57 bits per heavy atom. The first-order valence-corrected chi connectivity index (χ1v) is 6.93. The Bertz CT molecular complexity index is 608. The molecule has 4 nitrogen and oxygen atoms in total. The molecule has 0 heterocycles. The van der Waals surface area contributed by atoms with Gasteiger partial charge in [0.15, 0.2) is 0 Å². The fraction of sp³-hybridized carbons (Fsp3) is 0.235. The molecule has 1 atom stereocenters. The SMILES string of the molecule is CCOC(=O)C(C)Nc1cccc(-c2ccc(O)cc2)c1. The van der Waals surface area contributed by atoms with E-state index >= 15 is 0 Å². The second-order valence-corrected chi connectivity index (χ2v) is 4.75. The van der Waals surface area contributed by atoms with Gasteiger partial charge in [-0.2, -0.15) is 0 Å². The number of phenols is 1. The van der Waals surface area contributed by atoms with Crippen LogP contribution in [0.15, 0.2) is 48.5 Å². The van der Waals surface area contributed by atoms with Crippen LogP contribution in [0.25, 0.3) is 11.1 Å². The van der Waals surface area contributed by atoms with Crippen molar-refractivity contribution in [2.75, 3.05) is 11.9 Å². The Kier molecular flexibility index (Phi) is 4.82. The lowest BCUT2D eigenvalue weighted by molar-refractivity contribution is -0.143. The maximum atomic E-state index is 11.6. The van der Waals surface area contributed by atoms with E-state index in [4.69, 9.17) is 4.74 Å². The van der Waals surface area contributed by atoms with Crippen LogP contribution in [0.2, 0.25) is 0 Å². The zero-order chi connectivity index (χ0) is 15.2. The van der Waals surface area contributed by atoms with Crippen LogP contribution in [0.1, 0.15) is 13.8 Å². The Balaban J connectivity index is 2.14. The van der Waals surface area contributed by atoms with E-state index < -0.39 is 6.04 Å². The van der Waals surface area contributed by atoms with Crippen LogP contribution in [0, 0.1) is 0 Å². The quantitative estimate of drug-likeness (QED) is 0.826. The number of carbonyl (C=O) groups is 1. The van der Waals surface area contributed by atoms with Gasteiger partial charge in [-0.05, 0) is 49.2 Å². The van der Waals surface area contributed by atoms with Crippen molar-refractivity contribution in [3.63, 3.8) is 0 Å². The van der Waals surface area contributed by atoms with Crippen LogP contribution in [0.4, 0.5) is 5.69 Å². The zero-order valence-electron chi connectivity index (χ0n) is 12.2. The van der Waals surface area contributed by atoms with Crippen LogP contribution in [-0.2, 0) is 9.53 Å². The summed E-state index contributed by atoms with van der Waals surface area (Å²) in [5, 5.41) is 12.4. The van der Waals surface area contributed by atoms with E-state index in [-0.39, 0.29) is 11.7 Å². The van der Waals surface area contributed by atoms with Crippen molar-refractivity contribution in [2.45, 2.75) is 19.9 Å². The minimum Gasteiger partial charge on any atom is -0.508 e. The van der Waals surface area contributed by atoms with Crippen molar-refractivity contribution < 1.29 is 14.6 Å². The van der Waals surface area contributed by atoms with E-state index in [1.807, 2.05) is 36.4 Å². The molecule has 2 aromatic carbocycles. The molecule has 2 aromatic rings. The summed E-state index contributed by atoms with van der Waals surface area (Å²) in [4.78, 5) is 11.6. The highest BCUT2D eigenvalue weighted by molar-refractivity contribution is 5.79. The van der Waals surface area contributed by atoms with Crippen LogP contribution in [0.5, 0.6) is 5.75 Å². The van der Waals surface area contributed by atoms with Crippen LogP contribution >= 0.6 is 0 Å². The summed E-state index contributed by atoms with van der Waals surface area (Å²) in [5.41, 5.74) is 2.86. The normalized spacial score (nSPS) is 11.7. The maximum absolute atomic E-state index is 11.6. The van der Waals surface area contributed by atoms with E-state index in [9.17, 15) is 9.90 Å². The second-order valence-electron chi connectivity index (χ2n) is 4.75. The molecular formula is C17H19NO3. The molecule has 0 radical (unpaired) electrons. The third kappa shape index (κ3) is 3.99. The molecule has 2 N–H and O–H groups in total. The van der Waals surface area contributed by atoms with Gasteiger partial charge in [-0.15, -0.1) is 0 Å². The number of ether oxygens (including phenoxy) is 1. The molecule has 21 heavy (non-hydrogen) atoms. The monoisotopic (exact) mass is 285 g/mol. The average molecular weight is 285 g/mol. The summed E-state index contributed by atoms with van der Waals surface area (Å²) < 4.78 is 4.97. The third-order valence-electron chi connectivity index (χ3n) is 3.09. The number of phenolic OH excluding ortho intramolecular Hbond substituents is 1. The van der Waals surface area contributed by atoms with Crippen molar-refractivity contribution in [1.29, 1.82) is 0 Å². The van der Waals surface area contributed by atoms with Gasteiger partial charge in [0.2, 0.25) is 0 Å². The number of aromatic hydroxyl groups is 1. The number of rotatable bonds is 5. The Morgan fingerprint density at radius 1 is 1.19 bits per heavy atom. The predicted octanol–water partition coefficient (Wildman–Crippen LogP) is 3.42. The Hall–Kier alpha value is -2.49. The minimum atomic E-state index is -0.403. The first-order chi connectivity index (χ1) is 10.1. The molecule has 110 valence electrons. The van der Waals surface area contributed by atoms with Gasteiger partial charge in [-0.3, -0.25) is 0 Å². The molecule has 0 spiro atoms. The van der Waals surface area contributed by atoms with Crippen molar-refractivity contribution >= 4 is 11.7 Å². The van der Waals surface area contributed by atoms with Crippen molar-refractivity contribution in [3.8, 4) is 16.9 Å². The fourth-order valence-electron chi connectivity index (χ4n) is 2.02. The minimum absolute atomic E-state index is 0.240. The van der Waals surface area contributed by atoms with E-state index in [0.29, 0.717) is 6.61 Å². The summed E-state index contributed by atoms with van der Waals surface area (Å²) in [6, 6.07) is 14.4. The molecule has 0 aliphatic heterocycles. The van der Waals surface area contributed by atoms with Crippen molar-refractivity contribution in [2.24, 2.45) is 0 Å². The summed E-state index contributed by atoms with van der Waals surface area (Å²) in [6.45, 7) is 3.93. The van der Waals surface area contributed by atoms with Gasteiger partial charge in [-0.25, -0.2) is 4.79 Å². The number of hydrogen-bond donors (Lipinski definition) is 2. The number of anilines is 1. The highest BCUT2D eigenvalue weighted by Crippen LogP contribution is 2.24. The topological polar surface area (TPSA) is 58.6 Å². The lowest BCUT2D eigenvalue weighted by Gasteiger charge is -2.14. The highest BCUT2D eigenvalue weighted by Gasteiger charge is 2.13. The van der Waals surface area contributed by atoms with Gasteiger partial charge in [-0.1, -0.05) is 24.3 Å². The summed E-state index contributed by atoms with van der Waals surface area (Å²) >= 11 is 0. The summed E-state index contributed by atoms with van der Waals surface area (Å²) in [5.74, 6) is -0.0310. The molecule has 0 fully saturated rings. The number of esters is 1. The first kappa shape index (κ1) is 14.9. The summed E-state index contributed by atoms with van der Waals surface area (Å²) in [6.07, 6.45) is 0. The number of benzene rings is 2. The van der Waals surface area contributed by atoms with Gasteiger partial charge < -0.3 is 15.2 Å². The Morgan fingerprint density at radius 2 is 1.90 bits per heavy atom. The van der Waals surface area contributed by atoms with E-state index in [1.54, 1.807) is 26.0 Å². The molecule has 2 rings (SSSR count). The molecule has 0 bridgehead atoms. The summed E-state index contributed by atoms with van der Waals surface area (Å²) in [7, 11) is 0. The smallest absolute Gasteiger partial charge is 0.328 e. The molecule has 0 aromatic heterocycles. The van der Waals surface area contributed by atoms with E-state index in [2.05, 4.69) is 5.32 Å². The molecule has 0 amide bonds. The maximum Gasteiger partial charge on any atom is 0.328 e. The predicted molar refractivity (Wildman–Crippen MR) is 83.3 cm³/mol. The second kappa shape index (κ2) is 6.79. The van der Waals surface area contributed by atoms with Gasteiger partial charge in [0, 0.05) is 5.69 Å². The molecule has 0 saturated heterocycles. The van der Waals surface area contributed by atoms with Crippen LogP contribution < -0.4 is 5.32 Å². The molecule has 0 saturated carbocycles. The van der Waals surface area contributed by atoms with Gasteiger partial charge in [0.1, 0.15) is 11.8 Å². The Labute approximate surface area is 124 Å². The average Bonchev–Trinajstić information content (AvgIpc) is 2.48. The highest BCUT2D eigenvalue weighted by atomic mass is 16.5. The van der Waals surface area contributed by atoms with Crippen LogP contribution in [-0.4, -0.2) is 23.7 Å². The van der Waals surface area contributed by atoms with Crippen molar-refractivity contribution in [3.05, 3.63) is 48.5 Å². The number of nitrogens with one attached hydrogen (secondary N) is 1.